The van der Waals surface area contributed by atoms with Crippen LogP contribution in [0.4, 0.5) is 0 Å². The lowest BCUT2D eigenvalue weighted by atomic mass is 9.82. The molecule has 1 aliphatic heterocycles. The fourth-order valence-corrected chi connectivity index (χ4v) is 2.85. The lowest BCUT2D eigenvalue weighted by Crippen LogP contribution is -2.68. The first kappa shape index (κ1) is 17.3. The van der Waals surface area contributed by atoms with E-state index in [1.807, 2.05) is 40.9 Å². The molecule has 1 rings (SSSR count). The number of rotatable bonds is 4. The third-order valence-corrected chi connectivity index (χ3v) is 4.73. The second kappa shape index (κ2) is 6.37. The molecule has 1 fully saturated rings. The van der Waals surface area contributed by atoms with Crippen LogP contribution >= 0.6 is 11.8 Å². The van der Waals surface area contributed by atoms with Crippen molar-refractivity contribution in [2.75, 3.05) is 12.8 Å². The van der Waals surface area contributed by atoms with Gasteiger partial charge in [-0.2, -0.15) is 11.8 Å². The number of nitrogens with zero attached hydrogens (tertiary/aromatic N) is 1. The minimum atomic E-state index is -0.431. The molecule has 0 aromatic heterocycles. The van der Waals surface area contributed by atoms with E-state index in [2.05, 4.69) is 12.2 Å². The van der Waals surface area contributed by atoms with Crippen LogP contribution in [0.3, 0.4) is 0 Å². The standard InChI is InChI=1S/C15H28N2O2S/c1-9(2)11-13(18)16-12(15(4,5)6)14(19)17(11)8-10(3)20-7/h9-12H,8H2,1-7H3,(H,16,18). The highest BCUT2D eigenvalue weighted by Gasteiger charge is 2.46. The zero-order chi connectivity index (χ0) is 15.7. The Morgan fingerprint density at radius 3 is 2.20 bits per heavy atom. The summed E-state index contributed by atoms with van der Waals surface area (Å²) in [5.41, 5.74) is -0.268. The molecule has 0 radical (unpaired) electrons. The van der Waals surface area contributed by atoms with Gasteiger partial charge in [0.1, 0.15) is 12.1 Å². The molecule has 0 aromatic rings. The van der Waals surface area contributed by atoms with E-state index in [9.17, 15) is 9.59 Å². The molecule has 116 valence electrons. The molecule has 2 amide bonds. The zero-order valence-corrected chi connectivity index (χ0v) is 14.5. The van der Waals surface area contributed by atoms with Gasteiger partial charge in [-0.25, -0.2) is 0 Å². The normalized spacial score (nSPS) is 25.9. The van der Waals surface area contributed by atoms with E-state index in [4.69, 9.17) is 0 Å². The van der Waals surface area contributed by atoms with E-state index in [1.165, 1.54) is 0 Å². The Hall–Kier alpha value is -0.710. The maximum atomic E-state index is 12.8. The number of carbonyl (C=O) groups excluding carboxylic acids is 2. The Morgan fingerprint density at radius 2 is 1.80 bits per heavy atom. The number of hydrogen-bond acceptors (Lipinski definition) is 3. The third kappa shape index (κ3) is 3.68. The topological polar surface area (TPSA) is 49.4 Å². The predicted octanol–water partition coefficient (Wildman–Crippen LogP) is 2.14. The van der Waals surface area contributed by atoms with Crippen molar-refractivity contribution in [1.29, 1.82) is 0 Å². The Balaban J connectivity index is 3.07. The van der Waals surface area contributed by atoms with Gasteiger partial charge in [-0.05, 0) is 17.6 Å². The van der Waals surface area contributed by atoms with Crippen LogP contribution in [0.5, 0.6) is 0 Å². The first-order valence-electron chi connectivity index (χ1n) is 7.23. The fourth-order valence-electron chi connectivity index (χ4n) is 2.54. The van der Waals surface area contributed by atoms with E-state index in [1.54, 1.807) is 16.7 Å². The molecular weight excluding hydrogens is 272 g/mol. The van der Waals surface area contributed by atoms with Crippen LogP contribution in [0.1, 0.15) is 41.5 Å². The zero-order valence-electron chi connectivity index (χ0n) is 13.7. The number of thioether (sulfide) groups is 1. The van der Waals surface area contributed by atoms with Crippen molar-refractivity contribution >= 4 is 23.6 Å². The number of nitrogens with one attached hydrogen (secondary N) is 1. The molecule has 3 unspecified atom stereocenters. The number of carbonyl (C=O) groups is 2. The second-order valence-corrected chi connectivity index (χ2v) is 8.31. The lowest BCUT2D eigenvalue weighted by Gasteiger charge is -2.45. The molecule has 20 heavy (non-hydrogen) atoms. The van der Waals surface area contributed by atoms with Crippen molar-refractivity contribution in [3.05, 3.63) is 0 Å². The molecule has 0 aliphatic carbocycles. The fraction of sp³-hybridized carbons (Fsp3) is 0.867. The van der Waals surface area contributed by atoms with Gasteiger partial charge in [-0.1, -0.05) is 41.5 Å². The SMILES string of the molecule is CSC(C)CN1C(=O)C(C(C)(C)C)NC(=O)C1C(C)C. The van der Waals surface area contributed by atoms with Gasteiger partial charge in [-0.3, -0.25) is 9.59 Å². The Kier molecular flexibility index (Phi) is 5.53. The van der Waals surface area contributed by atoms with E-state index < -0.39 is 6.04 Å². The molecule has 3 atom stereocenters. The van der Waals surface area contributed by atoms with Gasteiger partial charge in [-0.15, -0.1) is 0 Å². The van der Waals surface area contributed by atoms with Gasteiger partial charge in [0.05, 0.1) is 0 Å². The average Bonchev–Trinajstić information content (AvgIpc) is 2.31. The van der Waals surface area contributed by atoms with Crippen LogP contribution < -0.4 is 5.32 Å². The monoisotopic (exact) mass is 300 g/mol. The van der Waals surface area contributed by atoms with Crippen LogP contribution in [0.2, 0.25) is 0 Å². The molecule has 1 heterocycles. The minimum absolute atomic E-state index is 0.0205. The summed E-state index contributed by atoms with van der Waals surface area (Å²) in [5.74, 6) is 0.151. The predicted molar refractivity (Wildman–Crippen MR) is 84.7 cm³/mol. The molecule has 0 aromatic carbocycles. The summed E-state index contributed by atoms with van der Waals surface area (Å²) < 4.78 is 0. The average molecular weight is 300 g/mol. The van der Waals surface area contributed by atoms with E-state index in [0.29, 0.717) is 11.8 Å². The van der Waals surface area contributed by atoms with Crippen molar-refractivity contribution < 1.29 is 9.59 Å². The Bertz CT molecular complexity index is 377. The lowest BCUT2D eigenvalue weighted by molar-refractivity contribution is -0.154. The van der Waals surface area contributed by atoms with Crippen LogP contribution in [-0.2, 0) is 9.59 Å². The van der Waals surface area contributed by atoms with Crippen LogP contribution in [0, 0.1) is 11.3 Å². The van der Waals surface area contributed by atoms with Crippen molar-refractivity contribution in [3.8, 4) is 0 Å². The van der Waals surface area contributed by atoms with Crippen LogP contribution in [-0.4, -0.2) is 46.8 Å². The summed E-state index contributed by atoms with van der Waals surface area (Å²) in [6.45, 7) is 12.7. The van der Waals surface area contributed by atoms with Gasteiger partial charge in [0.15, 0.2) is 0 Å². The number of hydrogen-bond donors (Lipinski definition) is 1. The van der Waals surface area contributed by atoms with Crippen molar-refractivity contribution in [2.24, 2.45) is 11.3 Å². The van der Waals surface area contributed by atoms with Gasteiger partial charge in [0.2, 0.25) is 11.8 Å². The Labute approximate surface area is 127 Å². The molecule has 0 spiro atoms. The summed E-state index contributed by atoms with van der Waals surface area (Å²) in [4.78, 5) is 27.0. The number of amides is 2. The van der Waals surface area contributed by atoms with Gasteiger partial charge in [0.25, 0.3) is 0 Å². The van der Waals surface area contributed by atoms with E-state index >= 15 is 0 Å². The molecule has 4 nitrogen and oxygen atoms in total. The maximum Gasteiger partial charge on any atom is 0.246 e. The Morgan fingerprint density at radius 1 is 1.25 bits per heavy atom. The first-order valence-corrected chi connectivity index (χ1v) is 8.52. The summed E-state index contributed by atoms with van der Waals surface area (Å²) in [5, 5.41) is 3.25. The summed E-state index contributed by atoms with van der Waals surface area (Å²) >= 11 is 1.72. The highest BCUT2D eigenvalue weighted by atomic mass is 32.2. The second-order valence-electron chi connectivity index (χ2n) is 7.03. The van der Waals surface area contributed by atoms with Crippen molar-refractivity contribution in [2.45, 2.75) is 58.9 Å². The highest BCUT2D eigenvalue weighted by molar-refractivity contribution is 7.99. The smallest absolute Gasteiger partial charge is 0.246 e. The van der Waals surface area contributed by atoms with Crippen LogP contribution in [0.15, 0.2) is 0 Å². The molecular formula is C15H28N2O2S. The molecule has 1 saturated heterocycles. The summed E-state index contributed by atoms with van der Waals surface area (Å²) in [6.07, 6.45) is 2.03. The first-order chi connectivity index (χ1) is 9.09. The highest BCUT2D eigenvalue weighted by Crippen LogP contribution is 2.28. The third-order valence-electron chi connectivity index (χ3n) is 3.77. The molecule has 1 aliphatic rings. The molecule has 5 heteroatoms. The minimum Gasteiger partial charge on any atom is -0.342 e. The largest absolute Gasteiger partial charge is 0.342 e. The number of piperazine rings is 1. The molecule has 0 bridgehead atoms. The van der Waals surface area contributed by atoms with E-state index in [0.717, 1.165) is 0 Å². The summed E-state index contributed by atoms with van der Waals surface area (Å²) in [6, 6.07) is -0.783. The van der Waals surface area contributed by atoms with Gasteiger partial charge >= 0.3 is 0 Å². The van der Waals surface area contributed by atoms with Gasteiger partial charge < -0.3 is 10.2 Å². The van der Waals surface area contributed by atoms with E-state index in [-0.39, 0.29) is 29.2 Å². The van der Waals surface area contributed by atoms with Crippen molar-refractivity contribution in [3.63, 3.8) is 0 Å². The van der Waals surface area contributed by atoms with Crippen molar-refractivity contribution in [1.82, 2.24) is 10.2 Å². The maximum absolute atomic E-state index is 12.8. The van der Waals surface area contributed by atoms with Gasteiger partial charge in [0, 0.05) is 11.8 Å². The molecule has 0 saturated carbocycles. The quantitative estimate of drug-likeness (QED) is 0.865. The van der Waals surface area contributed by atoms with Crippen LogP contribution in [0.25, 0.3) is 0 Å². The summed E-state index contributed by atoms with van der Waals surface area (Å²) in [7, 11) is 0. The molecule has 1 N–H and O–H groups in total.